The van der Waals surface area contributed by atoms with Crippen molar-refractivity contribution in [2.75, 3.05) is 0 Å². The van der Waals surface area contributed by atoms with Crippen molar-refractivity contribution < 1.29 is 13.2 Å². The molecule has 1 aliphatic rings. The average Bonchev–Trinajstić information content (AvgIpc) is 2.02. The Morgan fingerprint density at radius 3 is 2.77 bits per heavy atom. The molecule has 0 heterocycles. The van der Waals surface area contributed by atoms with Crippen LogP contribution in [0.1, 0.15) is 24.0 Å². The first-order valence-electron chi connectivity index (χ1n) is 4.26. The largest absolute Gasteiger partial charge is 0.273 e. The van der Waals surface area contributed by atoms with E-state index in [2.05, 4.69) is 0 Å². The smallest absolute Gasteiger partial charge is 0.207 e. The molecule has 3 heteroatoms. The van der Waals surface area contributed by atoms with Crippen LogP contribution in [-0.4, -0.2) is 0 Å². The molecule has 0 amide bonds. The number of halogens is 3. The second kappa shape index (κ2) is 2.76. The summed E-state index contributed by atoms with van der Waals surface area (Å²) >= 11 is 0. The van der Waals surface area contributed by atoms with Crippen LogP contribution in [0, 0.1) is 5.82 Å². The molecule has 0 N–H and O–H groups in total. The van der Waals surface area contributed by atoms with Crippen molar-refractivity contribution in [3.8, 4) is 0 Å². The third kappa shape index (κ3) is 1.43. The molecule has 13 heavy (non-hydrogen) atoms. The topological polar surface area (TPSA) is 0 Å². The van der Waals surface area contributed by atoms with Crippen molar-refractivity contribution in [2.24, 2.45) is 0 Å². The van der Waals surface area contributed by atoms with Gasteiger partial charge >= 0.3 is 0 Å². The van der Waals surface area contributed by atoms with Gasteiger partial charge in [0.1, 0.15) is 5.82 Å². The van der Waals surface area contributed by atoms with E-state index in [1.54, 1.807) is 0 Å². The maximum Gasteiger partial charge on any atom is 0.273 e. The molecule has 0 radical (unpaired) electrons. The summed E-state index contributed by atoms with van der Waals surface area (Å²) in [5.41, 5.74) is 0.455. The van der Waals surface area contributed by atoms with E-state index in [4.69, 9.17) is 0 Å². The van der Waals surface area contributed by atoms with Crippen LogP contribution < -0.4 is 0 Å². The third-order valence-corrected chi connectivity index (χ3v) is 2.40. The van der Waals surface area contributed by atoms with Crippen LogP contribution in [0.4, 0.5) is 13.2 Å². The quantitative estimate of drug-likeness (QED) is 0.583. The fourth-order valence-electron chi connectivity index (χ4n) is 1.76. The highest BCUT2D eigenvalue weighted by molar-refractivity contribution is 5.33. The molecule has 0 atom stereocenters. The lowest BCUT2D eigenvalue weighted by atomic mass is 9.89. The normalized spacial score (nSPS) is 19.6. The van der Waals surface area contributed by atoms with Crippen LogP contribution >= 0.6 is 0 Å². The Kier molecular flexibility index (Phi) is 1.82. The summed E-state index contributed by atoms with van der Waals surface area (Å²) in [6.45, 7) is 0. The van der Waals surface area contributed by atoms with E-state index < -0.39 is 11.7 Å². The summed E-state index contributed by atoms with van der Waals surface area (Å²) in [6.07, 6.45) is 0.873. The molecule has 0 saturated heterocycles. The van der Waals surface area contributed by atoms with E-state index in [1.807, 2.05) is 0 Å². The summed E-state index contributed by atoms with van der Waals surface area (Å²) in [6, 6.07) is 3.50. The highest BCUT2D eigenvalue weighted by Gasteiger charge is 2.36. The minimum absolute atomic E-state index is 0.000139. The van der Waals surface area contributed by atoms with Crippen molar-refractivity contribution in [2.45, 2.75) is 25.2 Å². The predicted molar refractivity (Wildman–Crippen MR) is 43.2 cm³/mol. The molecular formula is C10H9F3. The fraction of sp³-hybridized carbons (Fsp3) is 0.400. The van der Waals surface area contributed by atoms with Crippen LogP contribution in [0.2, 0.25) is 0 Å². The first kappa shape index (κ1) is 8.60. The number of rotatable bonds is 0. The maximum absolute atomic E-state index is 13.2. The molecule has 1 aromatic carbocycles. The van der Waals surface area contributed by atoms with Crippen LogP contribution in [-0.2, 0) is 12.3 Å². The highest BCUT2D eigenvalue weighted by atomic mass is 19.3. The minimum Gasteiger partial charge on any atom is -0.207 e. The minimum atomic E-state index is -2.76. The van der Waals surface area contributed by atoms with Gasteiger partial charge < -0.3 is 0 Å². The molecule has 0 aliphatic heterocycles. The van der Waals surface area contributed by atoms with Crippen LogP contribution in [0.3, 0.4) is 0 Å². The standard InChI is InChI=1S/C10H9F3/c11-8-3-4-9-7(6-8)2-1-5-10(9,12)13/h3-4,6H,1-2,5H2. The van der Waals surface area contributed by atoms with Gasteiger partial charge in [0.25, 0.3) is 5.92 Å². The van der Waals surface area contributed by atoms with Gasteiger partial charge in [-0.15, -0.1) is 0 Å². The van der Waals surface area contributed by atoms with E-state index in [1.165, 1.54) is 12.1 Å². The van der Waals surface area contributed by atoms with Gasteiger partial charge in [0.05, 0.1) is 0 Å². The molecule has 1 aliphatic carbocycles. The van der Waals surface area contributed by atoms with Crippen LogP contribution in [0.5, 0.6) is 0 Å². The summed E-state index contributed by atoms with van der Waals surface area (Å²) in [7, 11) is 0. The molecule has 0 bridgehead atoms. The van der Waals surface area contributed by atoms with Crippen LogP contribution in [0.25, 0.3) is 0 Å². The van der Waals surface area contributed by atoms with Gasteiger partial charge in [-0.05, 0) is 36.6 Å². The van der Waals surface area contributed by atoms with Gasteiger partial charge in [-0.1, -0.05) is 0 Å². The lowest BCUT2D eigenvalue weighted by molar-refractivity contribution is -0.0217. The SMILES string of the molecule is Fc1ccc2c(c1)CCCC2(F)F. The van der Waals surface area contributed by atoms with Crippen molar-refractivity contribution in [1.82, 2.24) is 0 Å². The Balaban J connectivity index is 2.53. The first-order chi connectivity index (χ1) is 6.09. The Hall–Kier alpha value is -0.990. The van der Waals surface area contributed by atoms with E-state index in [0.717, 1.165) is 6.07 Å². The molecule has 2 rings (SSSR count). The van der Waals surface area contributed by atoms with E-state index in [-0.39, 0.29) is 12.0 Å². The molecule has 0 aromatic heterocycles. The van der Waals surface area contributed by atoms with Crippen molar-refractivity contribution >= 4 is 0 Å². The van der Waals surface area contributed by atoms with Crippen molar-refractivity contribution in [1.29, 1.82) is 0 Å². The second-order valence-electron chi connectivity index (χ2n) is 3.36. The van der Waals surface area contributed by atoms with Gasteiger partial charge in [0.15, 0.2) is 0 Å². The van der Waals surface area contributed by atoms with Gasteiger partial charge in [-0.3, -0.25) is 0 Å². The Morgan fingerprint density at radius 1 is 1.23 bits per heavy atom. The second-order valence-corrected chi connectivity index (χ2v) is 3.36. The zero-order valence-corrected chi connectivity index (χ0v) is 6.99. The molecule has 0 unspecified atom stereocenters. The summed E-state index contributed by atoms with van der Waals surface area (Å²) < 4.78 is 39.1. The van der Waals surface area contributed by atoms with Gasteiger partial charge in [-0.2, -0.15) is 0 Å². The van der Waals surface area contributed by atoms with E-state index in [9.17, 15) is 13.2 Å². The molecular weight excluding hydrogens is 177 g/mol. The van der Waals surface area contributed by atoms with Gasteiger partial charge in [-0.25, -0.2) is 13.2 Å². The number of hydrogen-bond donors (Lipinski definition) is 0. The Labute approximate surface area is 74.4 Å². The average molecular weight is 186 g/mol. The number of fused-ring (bicyclic) bond motifs is 1. The number of alkyl halides is 2. The lowest BCUT2D eigenvalue weighted by Gasteiger charge is -2.24. The Morgan fingerprint density at radius 2 is 2.00 bits per heavy atom. The molecule has 70 valence electrons. The monoisotopic (exact) mass is 186 g/mol. The summed E-state index contributed by atoms with van der Waals surface area (Å²) in [4.78, 5) is 0. The highest BCUT2D eigenvalue weighted by Crippen LogP contribution is 2.39. The molecule has 0 nitrogen and oxygen atoms in total. The van der Waals surface area contributed by atoms with E-state index >= 15 is 0 Å². The van der Waals surface area contributed by atoms with Gasteiger partial charge in [0, 0.05) is 12.0 Å². The fourth-order valence-corrected chi connectivity index (χ4v) is 1.76. The predicted octanol–water partition coefficient (Wildman–Crippen LogP) is 3.25. The van der Waals surface area contributed by atoms with E-state index in [0.29, 0.717) is 18.4 Å². The first-order valence-corrected chi connectivity index (χ1v) is 4.26. The maximum atomic E-state index is 13.2. The number of benzene rings is 1. The Bertz CT molecular complexity index is 331. The number of aryl methyl sites for hydroxylation is 1. The van der Waals surface area contributed by atoms with Crippen molar-refractivity contribution in [3.63, 3.8) is 0 Å². The molecule has 0 spiro atoms. The van der Waals surface area contributed by atoms with Gasteiger partial charge in [0.2, 0.25) is 0 Å². The summed E-state index contributed by atoms with van der Waals surface area (Å²) in [5.74, 6) is -3.20. The van der Waals surface area contributed by atoms with Crippen molar-refractivity contribution in [3.05, 3.63) is 35.1 Å². The summed E-state index contributed by atoms with van der Waals surface area (Å²) in [5, 5.41) is 0. The third-order valence-electron chi connectivity index (χ3n) is 2.40. The molecule has 0 fully saturated rings. The zero-order valence-electron chi connectivity index (χ0n) is 6.99. The lowest BCUT2D eigenvalue weighted by Crippen LogP contribution is -2.20. The molecule has 0 saturated carbocycles. The van der Waals surface area contributed by atoms with Crippen LogP contribution in [0.15, 0.2) is 18.2 Å². The molecule has 1 aromatic rings. The number of hydrogen-bond acceptors (Lipinski definition) is 0. The zero-order chi connectivity index (χ0) is 9.47.